The van der Waals surface area contributed by atoms with Crippen LogP contribution in [0.3, 0.4) is 0 Å². The van der Waals surface area contributed by atoms with Gasteiger partial charge < -0.3 is 9.73 Å². The minimum absolute atomic E-state index is 0.191. The van der Waals surface area contributed by atoms with Gasteiger partial charge in [-0.15, -0.1) is 16.7 Å². The molecular weight excluding hydrogens is 202 g/mol. The van der Waals surface area contributed by atoms with Gasteiger partial charge in [0.2, 0.25) is 5.89 Å². The Balaban J connectivity index is 2.02. The fourth-order valence-electron chi connectivity index (χ4n) is 1.76. The number of alkyl halides is 1. The number of anilines is 1. The maximum absolute atomic E-state index is 5.57. The van der Waals surface area contributed by atoms with E-state index >= 15 is 0 Å². The van der Waals surface area contributed by atoms with Crippen LogP contribution in [0.2, 0.25) is 0 Å². The summed E-state index contributed by atoms with van der Waals surface area (Å²) in [5, 5.41) is 11.0. The van der Waals surface area contributed by atoms with Gasteiger partial charge in [0.25, 0.3) is 0 Å². The summed E-state index contributed by atoms with van der Waals surface area (Å²) < 4.78 is 5.30. The second kappa shape index (κ2) is 3.77. The normalized spacial score (nSPS) is 19.0. The summed E-state index contributed by atoms with van der Waals surface area (Å²) in [6.45, 7) is 2.17. The van der Waals surface area contributed by atoms with Crippen LogP contribution in [0.25, 0.3) is 0 Å². The lowest BCUT2D eigenvalue weighted by molar-refractivity contribution is 0.262. The van der Waals surface area contributed by atoms with E-state index in [2.05, 4.69) is 22.4 Å². The zero-order valence-corrected chi connectivity index (χ0v) is 8.97. The minimum Gasteiger partial charge on any atom is -0.407 e. The van der Waals surface area contributed by atoms with E-state index in [9.17, 15) is 0 Å². The maximum atomic E-state index is 5.57. The second-order valence-electron chi connectivity index (χ2n) is 3.75. The third-order valence-electron chi connectivity index (χ3n) is 2.94. The highest BCUT2D eigenvalue weighted by molar-refractivity contribution is 6.16. The van der Waals surface area contributed by atoms with E-state index < -0.39 is 0 Å². The van der Waals surface area contributed by atoms with Gasteiger partial charge >= 0.3 is 6.01 Å². The highest BCUT2D eigenvalue weighted by atomic mass is 35.5. The van der Waals surface area contributed by atoms with Gasteiger partial charge in [-0.3, -0.25) is 0 Å². The summed E-state index contributed by atoms with van der Waals surface area (Å²) in [6.07, 6.45) is 4.73. The Kier molecular flexibility index (Phi) is 2.63. The molecule has 2 rings (SSSR count). The molecule has 0 saturated heterocycles. The monoisotopic (exact) mass is 215 g/mol. The van der Waals surface area contributed by atoms with Gasteiger partial charge in [-0.05, 0) is 25.7 Å². The first-order chi connectivity index (χ1) is 6.78. The van der Waals surface area contributed by atoms with E-state index in [1.54, 1.807) is 0 Å². The van der Waals surface area contributed by atoms with Crippen LogP contribution in [0.15, 0.2) is 4.42 Å². The Labute approximate surface area is 88.0 Å². The molecule has 14 heavy (non-hydrogen) atoms. The molecule has 1 aromatic heterocycles. The molecule has 1 aliphatic rings. The van der Waals surface area contributed by atoms with Gasteiger partial charge in [-0.1, -0.05) is 12.0 Å². The number of rotatable bonds is 4. The molecule has 0 spiro atoms. The summed E-state index contributed by atoms with van der Waals surface area (Å²) in [4.78, 5) is 0. The standard InChI is InChI=1S/C9H14ClN3O/c1-2-9(4-3-5-9)11-8-13-12-7(6-10)14-8/h2-6H2,1H3,(H,11,13). The van der Waals surface area contributed by atoms with Gasteiger partial charge in [-0.25, -0.2) is 0 Å². The van der Waals surface area contributed by atoms with Crippen molar-refractivity contribution in [1.29, 1.82) is 0 Å². The maximum Gasteiger partial charge on any atom is 0.315 e. The molecule has 0 aliphatic heterocycles. The molecule has 0 bridgehead atoms. The first-order valence-electron chi connectivity index (χ1n) is 4.94. The van der Waals surface area contributed by atoms with Crippen LogP contribution in [-0.4, -0.2) is 15.7 Å². The second-order valence-corrected chi connectivity index (χ2v) is 4.01. The molecule has 1 N–H and O–H groups in total. The molecule has 0 atom stereocenters. The number of nitrogens with zero attached hydrogens (tertiary/aromatic N) is 2. The van der Waals surface area contributed by atoms with Gasteiger partial charge in [0.15, 0.2) is 0 Å². The predicted octanol–water partition coefficient (Wildman–Crippen LogP) is 2.55. The van der Waals surface area contributed by atoms with Crippen LogP contribution < -0.4 is 5.32 Å². The number of hydrogen-bond acceptors (Lipinski definition) is 4. The summed E-state index contributed by atoms with van der Waals surface area (Å²) in [6, 6.07) is 0.502. The number of hydrogen-bond donors (Lipinski definition) is 1. The third kappa shape index (κ3) is 1.71. The molecule has 1 aromatic rings. The summed E-state index contributed by atoms with van der Waals surface area (Å²) in [5.41, 5.74) is 0.191. The van der Waals surface area contributed by atoms with Crippen LogP contribution >= 0.6 is 11.6 Å². The molecule has 0 aromatic carbocycles. The van der Waals surface area contributed by atoms with Crippen LogP contribution in [0.4, 0.5) is 6.01 Å². The number of halogens is 1. The van der Waals surface area contributed by atoms with Crippen molar-refractivity contribution in [3.8, 4) is 0 Å². The van der Waals surface area contributed by atoms with Crippen molar-refractivity contribution in [2.45, 2.75) is 44.0 Å². The van der Waals surface area contributed by atoms with Crippen molar-refractivity contribution in [1.82, 2.24) is 10.2 Å². The highest BCUT2D eigenvalue weighted by Gasteiger charge is 2.36. The van der Waals surface area contributed by atoms with E-state index in [0.29, 0.717) is 11.9 Å². The lowest BCUT2D eigenvalue weighted by Gasteiger charge is -2.41. The molecule has 0 amide bonds. The minimum atomic E-state index is 0.191. The smallest absolute Gasteiger partial charge is 0.315 e. The summed E-state index contributed by atoms with van der Waals surface area (Å²) in [5.74, 6) is 0.744. The average Bonchev–Trinajstić information content (AvgIpc) is 2.59. The SMILES string of the molecule is CCC1(Nc2nnc(CCl)o2)CCC1. The molecule has 1 saturated carbocycles. The van der Waals surface area contributed by atoms with Crippen molar-refractivity contribution in [3.05, 3.63) is 5.89 Å². The molecule has 78 valence electrons. The molecule has 5 heteroatoms. The lowest BCUT2D eigenvalue weighted by Crippen LogP contribution is -2.44. The summed E-state index contributed by atoms with van der Waals surface area (Å²) >= 11 is 5.57. The molecule has 1 fully saturated rings. The van der Waals surface area contributed by atoms with Gasteiger partial charge in [-0.2, -0.15) is 0 Å². The zero-order valence-electron chi connectivity index (χ0n) is 8.22. The molecule has 1 aliphatic carbocycles. The van der Waals surface area contributed by atoms with E-state index in [0.717, 1.165) is 6.42 Å². The van der Waals surface area contributed by atoms with Crippen LogP contribution in [0, 0.1) is 0 Å². The van der Waals surface area contributed by atoms with Crippen molar-refractivity contribution >= 4 is 17.6 Å². The lowest BCUT2D eigenvalue weighted by atomic mass is 9.75. The Morgan fingerprint density at radius 2 is 2.29 bits per heavy atom. The highest BCUT2D eigenvalue weighted by Crippen LogP contribution is 2.37. The Hall–Kier alpha value is -0.770. The third-order valence-corrected chi connectivity index (χ3v) is 3.17. The predicted molar refractivity (Wildman–Crippen MR) is 54.4 cm³/mol. The first kappa shape index (κ1) is 9.77. The molecule has 4 nitrogen and oxygen atoms in total. The van der Waals surface area contributed by atoms with Gasteiger partial charge in [0.1, 0.15) is 5.88 Å². The number of nitrogens with one attached hydrogen (secondary N) is 1. The van der Waals surface area contributed by atoms with Gasteiger partial charge in [0.05, 0.1) is 0 Å². The quantitative estimate of drug-likeness (QED) is 0.785. The zero-order chi connectivity index (χ0) is 10.0. The number of aromatic nitrogens is 2. The van der Waals surface area contributed by atoms with Gasteiger partial charge in [0, 0.05) is 5.54 Å². The molecule has 0 unspecified atom stereocenters. The average molecular weight is 216 g/mol. The molecular formula is C9H14ClN3O. The molecule has 0 radical (unpaired) electrons. The fraction of sp³-hybridized carbons (Fsp3) is 0.778. The molecule has 1 heterocycles. The fourth-order valence-corrected chi connectivity index (χ4v) is 1.86. The Morgan fingerprint density at radius 1 is 1.50 bits per heavy atom. The summed E-state index contributed by atoms with van der Waals surface area (Å²) in [7, 11) is 0. The first-order valence-corrected chi connectivity index (χ1v) is 5.48. The van der Waals surface area contributed by atoms with Crippen molar-refractivity contribution in [2.75, 3.05) is 5.32 Å². The van der Waals surface area contributed by atoms with E-state index in [-0.39, 0.29) is 11.4 Å². The van der Waals surface area contributed by atoms with Crippen LogP contribution in [0.1, 0.15) is 38.5 Å². The van der Waals surface area contributed by atoms with Crippen LogP contribution in [-0.2, 0) is 5.88 Å². The van der Waals surface area contributed by atoms with E-state index in [1.165, 1.54) is 19.3 Å². The topological polar surface area (TPSA) is 51.0 Å². The van der Waals surface area contributed by atoms with E-state index in [1.807, 2.05) is 0 Å². The largest absolute Gasteiger partial charge is 0.407 e. The Morgan fingerprint density at radius 3 is 2.71 bits per heavy atom. The van der Waals surface area contributed by atoms with E-state index in [4.69, 9.17) is 16.0 Å². The van der Waals surface area contributed by atoms with Crippen molar-refractivity contribution < 1.29 is 4.42 Å². The Bertz CT molecular complexity index is 303. The van der Waals surface area contributed by atoms with Crippen molar-refractivity contribution in [3.63, 3.8) is 0 Å². The van der Waals surface area contributed by atoms with Crippen LogP contribution in [0.5, 0.6) is 0 Å². The van der Waals surface area contributed by atoms with Crippen molar-refractivity contribution in [2.24, 2.45) is 0 Å².